The van der Waals surface area contributed by atoms with Crippen LogP contribution in [0.5, 0.6) is 0 Å². The molecule has 0 spiro atoms. The summed E-state index contributed by atoms with van der Waals surface area (Å²) in [5.74, 6) is 0. The summed E-state index contributed by atoms with van der Waals surface area (Å²) in [5, 5.41) is 3.98. The summed E-state index contributed by atoms with van der Waals surface area (Å²) in [6, 6.07) is 8.32. The Kier molecular flexibility index (Phi) is 7.31. The van der Waals surface area contributed by atoms with Crippen LogP contribution < -0.4 is 10.2 Å². The minimum Gasteiger partial charge on any atom is -0.450 e. The largest absolute Gasteiger partial charge is 0.450 e. The molecule has 25 heavy (non-hydrogen) atoms. The van der Waals surface area contributed by atoms with E-state index in [0.717, 1.165) is 18.8 Å². The molecule has 0 bridgehead atoms. The topological polar surface area (TPSA) is 48.1 Å². The smallest absolute Gasteiger partial charge is 0.409 e. The van der Waals surface area contributed by atoms with Crippen LogP contribution in [-0.2, 0) is 4.74 Å². The molecule has 1 heterocycles. The van der Waals surface area contributed by atoms with Gasteiger partial charge in [-0.25, -0.2) is 4.79 Å². The van der Waals surface area contributed by atoms with Crippen LogP contribution in [0.15, 0.2) is 24.3 Å². The maximum atomic E-state index is 11.7. The Morgan fingerprint density at radius 2 is 1.64 bits per heavy atom. The number of carbonyl (C=O) groups is 1. The van der Waals surface area contributed by atoms with Crippen molar-refractivity contribution in [1.82, 2.24) is 9.80 Å². The van der Waals surface area contributed by atoms with Gasteiger partial charge in [-0.1, -0.05) is 0 Å². The molecule has 1 amide bonds. The van der Waals surface area contributed by atoms with E-state index >= 15 is 0 Å². The van der Waals surface area contributed by atoms with E-state index in [9.17, 15) is 4.79 Å². The Hall–Kier alpha value is -2.02. The van der Waals surface area contributed by atoms with Crippen LogP contribution in [0.3, 0.4) is 0 Å². The van der Waals surface area contributed by atoms with Crippen molar-refractivity contribution in [3.63, 3.8) is 0 Å². The zero-order valence-corrected chi connectivity index (χ0v) is 16.1. The van der Waals surface area contributed by atoms with Gasteiger partial charge < -0.3 is 24.8 Å². The average molecular weight is 365 g/mol. The number of benzene rings is 1. The van der Waals surface area contributed by atoms with Crippen molar-refractivity contribution >= 4 is 34.8 Å². The monoisotopic (exact) mass is 364 g/mol. The van der Waals surface area contributed by atoms with Gasteiger partial charge in [0.1, 0.15) is 0 Å². The summed E-state index contributed by atoms with van der Waals surface area (Å²) in [6.45, 7) is 11.2. The van der Waals surface area contributed by atoms with Gasteiger partial charge in [-0.05, 0) is 57.3 Å². The molecule has 6 nitrogen and oxygen atoms in total. The predicted molar refractivity (Wildman–Crippen MR) is 106 cm³/mol. The summed E-state index contributed by atoms with van der Waals surface area (Å²) < 4.78 is 5.04. The van der Waals surface area contributed by atoms with Gasteiger partial charge in [0, 0.05) is 50.6 Å². The van der Waals surface area contributed by atoms with E-state index in [-0.39, 0.29) is 6.09 Å². The molecule has 1 N–H and O–H groups in total. The quantitative estimate of drug-likeness (QED) is 0.811. The number of anilines is 2. The molecule has 0 unspecified atom stereocenters. The number of carbonyl (C=O) groups excluding carboxylic acids is 1. The Bertz CT molecular complexity index is 567. The highest BCUT2D eigenvalue weighted by Crippen LogP contribution is 2.18. The van der Waals surface area contributed by atoms with Crippen molar-refractivity contribution in [3.8, 4) is 0 Å². The molecule has 138 valence electrons. The van der Waals surface area contributed by atoms with Gasteiger partial charge in [-0.2, -0.15) is 0 Å². The Balaban J connectivity index is 1.85. The highest BCUT2D eigenvalue weighted by Gasteiger charge is 2.23. The van der Waals surface area contributed by atoms with Gasteiger partial charge >= 0.3 is 6.09 Å². The van der Waals surface area contributed by atoms with Gasteiger partial charge in [-0.15, -0.1) is 0 Å². The van der Waals surface area contributed by atoms with Crippen molar-refractivity contribution in [2.24, 2.45) is 0 Å². The Morgan fingerprint density at radius 1 is 1.08 bits per heavy atom. The molecule has 1 aliphatic rings. The molecule has 0 radical (unpaired) electrons. The summed E-state index contributed by atoms with van der Waals surface area (Å²) >= 11 is 5.51. The fraction of sp³-hybridized carbons (Fsp3) is 0.556. The van der Waals surface area contributed by atoms with Gasteiger partial charge in [0.2, 0.25) is 0 Å². The minimum absolute atomic E-state index is 0.243. The van der Waals surface area contributed by atoms with Crippen LogP contribution in [0.4, 0.5) is 16.2 Å². The van der Waals surface area contributed by atoms with E-state index in [1.54, 1.807) is 4.90 Å². The highest BCUT2D eigenvalue weighted by molar-refractivity contribution is 7.80. The first-order valence-corrected chi connectivity index (χ1v) is 9.32. The number of amides is 1. The lowest BCUT2D eigenvalue weighted by Gasteiger charge is -2.35. The van der Waals surface area contributed by atoms with Crippen molar-refractivity contribution in [2.45, 2.75) is 20.8 Å². The first-order valence-electron chi connectivity index (χ1n) is 8.91. The number of piperazine rings is 1. The van der Waals surface area contributed by atoms with Gasteiger partial charge in [0.15, 0.2) is 5.11 Å². The fourth-order valence-electron chi connectivity index (χ4n) is 2.85. The van der Waals surface area contributed by atoms with Crippen LogP contribution in [0.25, 0.3) is 0 Å². The van der Waals surface area contributed by atoms with Crippen LogP contribution in [0, 0.1) is 0 Å². The predicted octanol–water partition coefficient (Wildman–Crippen LogP) is 3.00. The molecule has 0 aromatic heterocycles. The zero-order valence-electron chi connectivity index (χ0n) is 15.3. The molecule has 2 rings (SSSR count). The SMILES string of the molecule is CCOC(=O)N1CCN(C(=S)Nc2ccc(N(CC)CC)cc2)CC1. The van der Waals surface area contributed by atoms with Crippen molar-refractivity contribution in [3.05, 3.63) is 24.3 Å². The molecule has 1 aromatic rings. The Labute approximate surface area is 155 Å². The van der Waals surface area contributed by atoms with Crippen LogP contribution >= 0.6 is 12.2 Å². The van der Waals surface area contributed by atoms with E-state index in [4.69, 9.17) is 17.0 Å². The van der Waals surface area contributed by atoms with E-state index in [0.29, 0.717) is 37.9 Å². The molecule has 1 saturated heterocycles. The molecule has 7 heteroatoms. The summed E-state index contributed by atoms with van der Waals surface area (Å²) in [4.78, 5) is 17.8. The fourth-order valence-corrected chi connectivity index (χ4v) is 3.15. The van der Waals surface area contributed by atoms with E-state index in [1.165, 1.54) is 5.69 Å². The normalized spacial score (nSPS) is 14.2. The first-order chi connectivity index (χ1) is 12.1. The standard InChI is InChI=1S/C18H28N4O2S/c1-4-20(5-2)16-9-7-15(8-10-16)19-17(25)21-11-13-22(14-12-21)18(23)24-6-3/h7-10H,4-6,11-14H2,1-3H3,(H,19,25). The van der Waals surface area contributed by atoms with E-state index < -0.39 is 0 Å². The average Bonchev–Trinajstić information content (AvgIpc) is 2.64. The first kappa shape index (κ1) is 19.3. The third kappa shape index (κ3) is 5.22. The maximum Gasteiger partial charge on any atom is 0.409 e. The van der Waals surface area contributed by atoms with Gasteiger partial charge in [-0.3, -0.25) is 0 Å². The maximum absolute atomic E-state index is 11.7. The molecular weight excluding hydrogens is 336 g/mol. The number of thiocarbonyl (C=S) groups is 1. The molecule has 1 aliphatic heterocycles. The number of ether oxygens (including phenoxy) is 1. The van der Waals surface area contributed by atoms with Crippen LogP contribution in [0.2, 0.25) is 0 Å². The molecule has 0 saturated carbocycles. The van der Waals surface area contributed by atoms with Gasteiger partial charge in [0.25, 0.3) is 0 Å². The molecule has 1 aromatic carbocycles. The highest BCUT2D eigenvalue weighted by atomic mass is 32.1. The second kappa shape index (κ2) is 9.46. The number of hydrogen-bond donors (Lipinski definition) is 1. The van der Waals surface area contributed by atoms with Crippen LogP contribution in [0.1, 0.15) is 20.8 Å². The second-order valence-electron chi connectivity index (χ2n) is 5.82. The van der Waals surface area contributed by atoms with Crippen molar-refractivity contribution in [2.75, 3.05) is 56.1 Å². The van der Waals surface area contributed by atoms with Crippen molar-refractivity contribution < 1.29 is 9.53 Å². The minimum atomic E-state index is -0.243. The molecule has 0 aliphatic carbocycles. The third-order valence-corrected chi connectivity index (χ3v) is 4.70. The Morgan fingerprint density at radius 3 is 2.16 bits per heavy atom. The summed E-state index contributed by atoms with van der Waals surface area (Å²) in [7, 11) is 0. The lowest BCUT2D eigenvalue weighted by Crippen LogP contribution is -2.51. The van der Waals surface area contributed by atoms with Crippen molar-refractivity contribution in [1.29, 1.82) is 0 Å². The molecule has 1 fully saturated rings. The number of rotatable bonds is 5. The van der Waals surface area contributed by atoms with Gasteiger partial charge in [0.05, 0.1) is 6.61 Å². The van der Waals surface area contributed by atoms with Crippen LogP contribution in [-0.4, -0.2) is 66.9 Å². The lowest BCUT2D eigenvalue weighted by molar-refractivity contribution is 0.0923. The number of hydrogen-bond acceptors (Lipinski definition) is 4. The molecular formula is C18H28N4O2S. The second-order valence-corrected chi connectivity index (χ2v) is 6.21. The molecule has 0 atom stereocenters. The van der Waals surface area contributed by atoms with E-state index in [2.05, 4.69) is 53.2 Å². The number of nitrogens with zero attached hydrogens (tertiary/aromatic N) is 3. The lowest BCUT2D eigenvalue weighted by atomic mass is 10.2. The summed E-state index contributed by atoms with van der Waals surface area (Å²) in [6.07, 6.45) is -0.243. The number of nitrogens with one attached hydrogen (secondary N) is 1. The summed E-state index contributed by atoms with van der Waals surface area (Å²) in [5.41, 5.74) is 2.19. The van der Waals surface area contributed by atoms with E-state index in [1.807, 2.05) is 6.92 Å². The zero-order chi connectivity index (χ0) is 18.2. The third-order valence-electron chi connectivity index (χ3n) is 4.34.